The van der Waals surface area contributed by atoms with Crippen LogP contribution in [-0.4, -0.2) is 14.7 Å². The summed E-state index contributed by atoms with van der Waals surface area (Å²) in [6, 6.07) is 14.4. The Bertz CT molecular complexity index is 664. The number of nitrogens with one attached hydrogen (secondary N) is 1. The number of benzene rings is 2. The van der Waals surface area contributed by atoms with Crippen molar-refractivity contribution in [3.05, 3.63) is 54.1 Å². The first-order valence-corrected chi connectivity index (χ1v) is 7.74. The summed E-state index contributed by atoms with van der Waals surface area (Å²) < 4.78 is 22.7. The molecule has 0 bridgehead atoms. The van der Waals surface area contributed by atoms with Gasteiger partial charge in [-0.15, -0.1) is 0 Å². The molecule has 0 saturated carbocycles. The highest BCUT2D eigenvalue weighted by atomic mass is 32.2. The third kappa shape index (κ3) is 3.56. The molecular formula is C14H16N2O2S. The number of hydrogen-bond donors (Lipinski definition) is 2. The van der Waals surface area contributed by atoms with Crippen molar-refractivity contribution in [3.63, 3.8) is 0 Å². The van der Waals surface area contributed by atoms with E-state index in [1.54, 1.807) is 24.3 Å². The Morgan fingerprint density at radius 1 is 1.05 bits per heavy atom. The van der Waals surface area contributed by atoms with Crippen LogP contribution in [0.25, 0.3) is 0 Å². The first-order valence-electron chi connectivity index (χ1n) is 5.85. The molecule has 100 valence electrons. The molecule has 0 amide bonds. The lowest BCUT2D eigenvalue weighted by atomic mass is 10.2. The molecule has 0 aliphatic rings. The van der Waals surface area contributed by atoms with Gasteiger partial charge in [0.2, 0.25) is 0 Å². The van der Waals surface area contributed by atoms with Crippen molar-refractivity contribution in [1.82, 2.24) is 0 Å². The van der Waals surface area contributed by atoms with Crippen molar-refractivity contribution >= 4 is 21.2 Å². The zero-order chi connectivity index (χ0) is 13.9. The van der Waals surface area contributed by atoms with E-state index in [4.69, 9.17) is 5.73 Å². The van der Waals surface area contributed by atoms with Crippen LogP contribution in [0.4, 0.5) is 11.4 Å². The smallest absolute Gasteiger partial charge is 0.175 e. The summed E-state index contributed by atoms with van der Waals surface area (Å²) in [6.45, 7) is 0.489. The Labute approximate surface area is 113 Å². The van der Waals surface area contributed by atoms with Crippen molar-refractivity contribution in [2.45, 2.75) is 11.4 Å². The van der Waals surface area contributed by atoms with Crippen molar-refractivity contribution in [1.29, 1.82) is 0 Å². The maximum absolute atomic E-state index is 11.4. The van der Waals surface area contributed by atoms with Gasteiger partial charge in [-0.3, -0.25) is 0 Å². The molecule has 2 aromatic carbocycles. The lowest BCUT2D eigenvalue weighted by Gasteiger charge is -2.08. The second-order valence-electron chi connectivity index (χ2n) is 4.33. The van der Waals surface area contributed by atoms with Gasteiger partial charge < -0.3 is 11.1 Å². The van der Waals surface area contributed by atoms with Gasteiger partial charge in [-0.25, -0.2) is 8.42 Å². The van der Waals surface area contributed by atoms with Crippen LogP contribution < -0.4 is 11.1 Å². The summed E-state index contributed by atoms with van der Waals surface area (Å²) >= 11 is 0. The van der Waals surface area contributed by atoms with Crippen molar-refractivity contribution in [2.24, 2.45) is 5.73 Å². The molecule has 0 heterocycles. The van der Waals surface area contributed by atoms with Crippen LogP contribution in [0.5, 0.6) is 0 Å². The van der Waals surface area contributed by atoms with E-state index < -0.39 is 9.84 Å². The van der Waals surface area contributed by atoms with Gasteiger partial charge in [-0.1, -0.05) is 12.1 Å². The molecule has 0 aliphatic carbocycles. The maximum Gasteiger partial charge on any atom is 0.175 e. The summed E-state index contributed by atoms with van der Waals surface area (Å²) in [4.78, 5) is 0.314. The molecule has 0 aliphatic heterocycles. The van der Waals surface area contributed by atoms with Crippen LogP contribution in [0.2, 0.25) is 0 Å². The predicted molar refractivity (Wildman–Crippen MR) is 77.2 cm³/mol. The predicted octanol–water partition coefficient (Wildman–Crippen LogP) is 2.29. The van der Waals surface area contributed by atoms with Crippen LogP contribution >= 0.6 is 0 Å². The molecule has 0 saturated heterocycles. The zero-order valence-electron chi connectivity index (χ0n) is 10.6. The van der Waals surface area contributed by atoms with E-state index in [-0.39, 0.29) is 0 Å². The van der Waals surface area contributed by atoms with E-state index in [0.29, 0.717) is 11.4 Å². The number of rotatable bonds is 4. The summed E-state index contributed by atoms with van der Waals surface area (Å²) in [5.74, 6) is 0. The molecule has 19 heavy (non-hydrogen) atoms. The molecule has 0 atom stereocenters. The fourth-order valence-corrected chi connectivity index (χ4v) is 2.36. The average molecular weight is 276 g/mol. The average Bonchev–Trinajstić information content (AvgIpc) is 2.38. The van der Waals surface area contributed by atoms with Crippen LogP contribution in [0, 0.1) is 0 Å². The van der Waals surface area contributed by atoms with Gasteiger partial charge >= 0.3 is 0 Å². The molecule has 2 rings (SSSR count). The highest BCUT2D eigenvalue weighted by molar-refractivity contribution is 7.90. The molecule has 2 aromatic rings. The molecule has 0 radical (unpaired) electrons. The lowest BCUT2D eigenvalue weighted by Crippen LogP contribution is -1.99. The molecule has 5 heteroatoms. The summed E-state index contributed by atoms with van der Waals surface area (Å²) in [5.41, 5.74) is 8.39. The van der Waals surface area contributed by atoms with Gasteiger partial charge in [-0.2, -0.15) is 0 Å². The summed E-state index contributed by atoms with van der Waals surface area (Å²) in [7, 11) is -3.15. The van der Waals surface area contributed by atoms with Gasteiger partial charge in [0.1, 0.15) is 0 Å². The number of hydrogen-bond acceptors (Lipinski definition) is 4. The Hall–Kier alpha value is -1.85. The van der Waals surface area contributed by atoms with Crippen LogP contribution in [0.15, 0.2) is 53.4 Å². The second-order valence-corrected chi connectivity index (χ2v) is 6.34. The van der Waals surface area contributed by atoms with E-state index in [1.807, 2.05) is 24.3 Å². The quantitative estimate of drug-likeness (QED) is 0.898. The topological polar surface area (TPSA) is 72.2 Å². The van der Waals surface area contributed by atoms with Crippen LogP contribution in [-0.2, 0) is 16.4 Å². The standard InChI is InChI=1S/C14H16N2O2S/c1-19(17,18)14-7-5-12(6-8-14)16-13-4-2-3-11(9-13)10-15/h2-9,16H,10,15H2,1H3. The van der Waals surface area contributed by atoms with Crippen molar-refractivity contribution in [2.75, 3.05) is 11.6 Å². The van der Waals surface area contributed by atoms with Crippen LogP contribution in [0.3, 0.4) is 0 Å². The SMILES string of the molecule is CS(=O)(=O)c1ccc(Nc2cccc(CN)c2)cc1. The van der Waals surface area contributed by atoms with Gasteiger partial charge in [0, 0.05) is 24.2 Å². The Morgan fingerprint density at radius 3 is 2.32 bits per heavy atom. The third-order valence-electron chi connectivity index (χ3n) is 2.73. The van der Waals surface area contributed by atoms with Gasteiger partial charge in [0.15, 0.2) is 9.84 Å². The minimum Gasteiger partial charge on any atom is -0.356 e. The molecular weight excluding hydrogens is 260 g/mol. The van der Waals surface area contributed by atoms with E-state index in [9.17, 15) is 8.42 Å². The minimum absolute atomic E-state index is 0.314. The zero-order valence-corrected chi connectivity index (χ0v) is 11.4. The van der Waals surface area contributed by atoms with Crippen LogP contribution in [0.1, 0.15) is 5.56 Å². The Morgan fingerprint density at radius 2 is 1.74 bits per heavy atom. The fourth-order valence-electron chi connectivity index (χ4n) is 1.73. The molecule has 4 nitrogen and oxygen atoms in total. The maximum atomic E-state index is 11.4. The summed E-state index contributed by atoms with van der Waals surface area (Å²) in [5, 5.41) is 3.21. The highest BCUT2D eigenvalue weighted by Gasteiger charge is 2.06. The molecule has 0 unspecified atom stereocenters. The molecule has 0 fully saturated rings. The van der Waals surface area contributed by atoms with Crippen molar-refractivity contribution in [3.8, 4) is 0 Å². The van der Waals surface area contributed by atoms with Gasteiger partial charge in [-0.05, 0) is 42.0 Å². The number of anilines is 2. The Balaban J connectivity index is 2.19. The normalized spacial score (nSPS) is 11.3. The lowest BCUT2D eigenvalue weighted by molar-refractivity contribution is 0.602. The van der Waals surface area contributed by atoms with Crippen molar-refractivity contribution < 1.29 is 8.42 Å². The largest absolute Gasteiger partial charge is 0.356 e. The fraction of sp³-hybridized carbons (Fsp3) is 0.143. The molecule has 0 spiro atoms. The molecule has 3 N–H and O–H groups in total. The second kappa shape index (κ2) is 5.42. The van der Waals surface area contributed by atoms with Gasteiger partial charge in [0.05, 0.1) is 4.90 Å². The summed E-state index contributed by atoms with van der Waals surface area (Å²) in [6.07, 6.45) is 1.19. The Kier molecular flexibility index (Phi) is 3.87. The number of sulfone groups is 1. The third-order valence-corrected chi connectivity index (χ3v) is 3.86. The highest BCUT2D eigenvalue weighted by Crippen LogP contribution is 2.19. The van der Waals surface area contributed by atoms with E-state index in [2.05, 4.69) is 5.32 Å². The first-order chi connectivity index (χ1) is 8.99. The first kappa shape index (κ1) is 13.6. The van der Waals surface area contributed by atoms with E-state index >= 15 is 0 Å². The van der Waals surface area contributed by atoms with E-state index in [0.717, 1.165) is 16.9 Å². The minimum atomic E-state index is -3.15. The van der Waals surface area contributed by atoms with Gasteiger partial charge in [0.25, 0.3) is 0 Å². The monoisotopic (exact) mass is 276 g/mol. The molecule has 0 aromatic heterocycles. The number of nitrogens with two attached hydrogens (primary N) is 1. The van der Waals surface area contributed by atoms with E-state index in [1.165, 1.54) is 6.26 Å².